The molecule has 0 aliphatic carbocycles. The smallest absolute Gasteiger partial charge is 0.147 e. The number of hydrogen-bond acceptors (Lipinski definition) is 2. The number of benzene rings is 10. The highest BCUT2D eigenvalue weighted by atomic mass is 16.3. The molecule has 0 aliphatic heterocycles. The SMILES string of the molecule is c1ccc(-c2c3ccccc3c(-c3ccc4cc(-c5ccc6oc7ccc8c(oc9ccc%10ccccc%10c98)c7c6c5)ccc4c3)c3ccccc23)cc1. The molecule has 0 fully saturated rings. The fourth-order valence-corrected chi connectivity index (χ4v) is 8.98. The maximum atomic E-state index is 6.61. The maximum absolute atomic E-state index is 6.61. The Morgan fingerprint density at radius 2 is 0.778 bits per heavy atom. The average molecular weight is 687 g/mol. The number of rotatable bonds is 3. The van der Waals surface area contributed by atoms with E-state index in [1.54, 1.807) is 0 Å². The Morgan fingerprint density at radius 3 is 1.52 bits per heavy atom. The summed E-state index contributed by atoms with van der Waals surface area (Å²) in [5.74, 6) is 0. The van der Waals surface area contributed by atoms with Gasteiger partial charge in [0.25, 0.3) is 0 Å². The summed E-state index contributed by atoms with van der Waals surface area (Å²) in [5.41, 5.74) is 10.8. The van der Waals surface area contributed by atoms with Gasteiger partial charge in [-0.2, -0.15) is 0 Å². The number of fused-ring (bicyclic) bond motifs is 12. The summed E-state index contributed by atoms with van der Waals surface area (Å²) >= 11 is 0. The molecule has 0 aliphatic rings. The summed E-state index contributed by atoms with van der Waals surface area (Å²) in [7, 11) is 0. The molecule has 0 saturated carbocycles. The van der Waals surface area contributed by atoms with Gasteiger partial charge >= 0.3 is 0 Å². The van der Waals surface area contributed by atoms with Crippen molar-refractivity contribution in [3.63, 3.8) is 0 Å². The Labute approximate surface area is 310 Å². The summed E-state index contributed by atoms with van der Waals surface area (Å²) in [5, 5.41) is 14.2. The van der Waals surface area contributed by atoms with Gasteiger partial charge in [-0.3, -0.25) is 0 Å². The molecule has 0 N–H and O–H groups in total. The molecule has 2 heteroatoms. The lowest BCUT2D eigenvalue weighted by molar-refractivity contribution is 0.663. The van der Waals surface area contributed by atoms with E-state index in [1.807, 2.05) is 0 Å². The van der Waals surface area contributed by atoms with Gasteiger partial charge in [0.2, 0.25) is 0 Å². The quantitative estimate of drug-likeness (QED) is 0.173. The third kappa shape index (κ3) is 4.22. The lowest BCUT2D eigenvalue weighted by Crippen LogP contribution is -1.90. The number of hydrogen-bond donors (Lipinski definition) is 0. The summed E-state index contributed by atoms with van der Waals surface area (Å²) in [4.78, 5) is 0. The Morgan fingerprint density at radius 1 is 0.259 bits per heavy atom. The molecule has 12 rings (SSSR count). The molecule has 250 valence electrons. The van der Waals surface area contributed by atoms with Crippen molar-refractivity contribution in [2.24, 2.45) is 0 Å². The Balaban J connectivity index is 1.01. The highest BCUT2D eigenvalue weighted by molar-refractivity contribution is 6.27. The van der Waals surface area contributed by atoms with Crippen LogP contribution in [0.3, 0.4) is 0 Å². The Hall–Kier alpha value is -7.16. The van der Waals surface area contributed by atoms with Gasteiger partial charge in [-0.25, -0.2) is 0 Å². The van der Waals surface area contributed by atoms with E-state index in [4.69, 9.17) is 8.83 Å². The summed E-state index contributed by atoms with van der Waals surface area (Å²) in [6.07, 6.45) is 0. The van der Waals surface area contributed by atoms with E-state index in [0.29, 0.717) is 0 Å². The lowest BCUT2D eigenvalue weighted by atomic mass is 9.85. The zero-order chi connectivity index (χ0) is 35.3. The normalized spacial score (nSPS) is 12.1. The van der Waals surface area contributed by atoms with E-state index in [1.165, 1.54) is 65.3 Å². The minimum Gasteiger partial charge on any atom is -0.456 e. The molecular weight excluding hydrogens is 657 g/mol. The van der Waals surface area contributed by atoms with E-state index in [-0.39, 0.29) is 0 Å². The summed E-state index contributed by atoms with van der Waals surface area (Å²) in [6, 6.07) is 65.7. The molecule has 12 aromatic rings. The largest absolute Gasteiger partial charge is 0.456 e. The van der Waals surface area contributed by atoms with Gasteiger partial charge in [0.05, 0.1) is 5.39 Å². The Kier molecular flexibility index (Phi) is 6.09. The van der Waals surface area contributed by atoms with E-state index in [2.05, 4.69) is 182 Å². The third-order valence-electron chi connectivity index (χ3n) is 11.4. The molecule has 0 saturated heterocycles. The predicted octanol–water partition coefficient (Wildman–Crippen LogP) is 15.1. The summed E-state index contributed by atoms with van der Waals surface area (Å²) in [6.45, 7) is 0. The van der Waals surface area contributed by atoms with Crippen molar-refractivity contribution in [2.45, 2.75) is 0 Å². The van der Waals surface area contributed by atoms with Crippen LogP contribution in [-0.4, -0.2) is 0 Å². The Bertz CT molecular complexity index is 3430. The van der Waals surface area contributed by atoms with Crippen LogP contribution in [0.4, 0.5) is 0 Å². The highest BCUT2D eigenvalue weighted by Crippen LogP contribution is 2.45. The van der Waals surface area contributed by atoms with Crippen LogP contribution in [0.15, 0.2) is 191 Å². The van der Waals surface area contributed by atoms with Gasteiger partial charge in [-0.15, -0.1) is 0 Å². The minimum absolute atomic E-state index is 0.834. The van der Waals surface area contributed by atoms with Crippen molar-refractivity contribution >= 4 is 87.0 Å². The molecule has 2 nitrogen and oxygen atoms in total. The molecule has 2 heterocycles. The van der Waals surface area contributed by atoms with Crippen LogP contribution in [0.2, 0.25) is 0 Å². The molecule has 2 aromatic heterocycles. The van der Waals surface area contributed by atoms with Crippen LogP contribution >= 0.6 is 0 Å². The van der Waals surface area contributed by atoms with Gasteiger partial charge < -0.3 is 8.83 Å². The van der Waals surface area contributed by atoms with E-state index in [0.717, 1.165) is 55.0 Å². The van der Waals surface area contributed by atoms with Crippen LogP contribution in [0.25, 0.3) is 120 Å². The van der Waals surface area contributed by atoms with Crippen LogP contribution in [0, 0.1) is 0 Å². The molecule has 0 amide bonds. The van der Waals surface area contributed by atoms with E-state index < -0.39 is 0 Å². The number of furan rings is 2. The topological polar surface area (TPSA) is 26.3 Å². The molecule has 0 unspecified atom stereocenters. The first kappa shape index (κ1) is 29.4. The minimum atomic E-state index is 0.834. The van der Waals surface area contributed by atoms with Crippen molar-refractivity contribution in [3.05, 3.63) is 182 Å². The van der Waals surface area contributed by atoms with Crippen molar-refractivity contribution in [1.82, 2.24) is 0 Å². The van der Waals surface area contributed by atoms with Crippen LogP contribution in [-0.2, 0) is 0 Å². The first-order chi connectivity index (χ1) is 26.8. The molecule has 0 bridgehead atoms. The first-order valence-electron chi connectivity index (χ1n) is 18.5. The monoisotopic (exact) mass is 686 g/mol. The molecule has 54 heavy (non-hydrogen) atoms. The fraction of sp³-hybridized carbons (Fsp3) is 0. The van der Waals surface area contributed by atoms with Gasteiger partial charge in [0.1, 0.15) is 22.3 Å². The zero-order valence-corrected chi connectivity index (χ0v) is 29.1. The van der Waals surface area contributed by atoms with E-state index in [9.17, 15) is 0 Å². The second-order valence-corrected chi connectivity index (χ2v) is 14.4. The van der Waals surface area contributed by atoms with Crippen molar-refractivity contribution in [3.8, 4) is 33.4 Å². The predicted molar refractivity (Wildman–Crippen MR) is 227 cm³/mol. The molecule has 0 spiro atoms. The fourth-order valence-electron chi connectivity index (χ4n) is 8.98. The second kappa shape index (κ2) is 11.2. The van der Waals surface area contributed by atoms with Crippen molar-refractivity contribution < 1.29 is 8.83 Å². The zero-order valence-electron chi connectivity index (χ0n) is 29.1. The standard InChI is InChI=1S/C52H30O2/c1-2-11-32(12-3-1)48-39-14-6-8-16-41(39)49(42-17-9-7-15-40(42)48)37-21-20-33-28-34(18-19-35(33)29-37)36-23-25-45-44(30-36)51-47(53-45)27-24-43-50-38-13-5-4-10-31(38)22-26-46(50)54-52(43)51/h1-30H. The van der Waals surface area contributed by atoms with Crippen molar-refractivity contribution in [1.29, 1.82) is 0 Å². The van der Waals surface area contributed by atoms with Gasteiger partial charge in [0.15, 0.2) is 0 Å². The van der Waals surface area contributed by atoms with Gasteiger partial charge in [0, 0.05) is 16.2 Å². The third-order valence-corrected chi connectivity index (χ3v) is 11.4. The molecular formula is C52H30O2. The summed E-state index contributed by atoms with van der Waals surface area (Å²) < 4.78 is 13.0. The first-order valence-corrected chi connectivity index (χ1v) is 18.5. The maximum Gasteiger partial charge on any atom is 0.147 e. The van der Waals surface area contributed by atoms with E-state index >= 15 is 0 Å². The highest BCUT2D eigenvalue weighted by Gasteiger charge is 2.19. The van der Waals surface area contributed by atoms with Gasteiger partial charge in [-0.05, 0) is 119 Å². The molecule has 0 atom stereocenters. The lowest BCUT2D eigenvalue weighted by Gasteiger charge is -2.18. The van der Waals surface area contributed by atoms with Crippen LogP contribution < -0.4 is 0 Å². The molecule has 10 aromatic carbocycles. The van der Waals surface area contributed by atoms with Crippen LogP contribution in [0.1, 0.15) is 0 Å². The second-order valence-electron chi connectivity index (χ2n) is 14.4. The average Bonchev–Trinajstić information content (AvgIpc) is 3.81. The van der Waals surface area contributed by atoms with Crippen molar-refractivity contribution in [2.75, 3.05) is 0 Å². The molecule has 0 radical (unpaired) electrons. The van der Waals surface area contributed by atoms with Crippen LogP contribution in [0.5, 0.6) is 0 Å². The van der Waals surface area contributed by atoms with Gasteiger partial charge in [-0.1, -0.05) is 140 Å².